The molecule has 1 amide bonds. The van der Waals surface area contributed by atoms with Gasteiger partial charge in [0.2, 0.25) is 0 Å². The summed E-state index contributed by atoms with van der Waals surface area (Å²) in [4.78, 5) is 17.6. The number of amides is 1. The Morgan fingerprint density at radius 3 is 2.48 bits per heavy atom. The molecule has 0 radical (unpaired) electrons. The van der Waals surface area contributed by atoms with Crippen molar-refractivity contribution in [1.82, 2.24) is 14.7 Å². The minimum absolute atomic E-state index is 0.0409. The predicted molar refractivity (Wildman–Crippen MR) is 118 cm³/mol. The molecule has 1 aliphatic carbocycles. The molecule has 33 heavy (non-hydrogen) atoms. The first-order chi connectivity index (χ1) is 15.5. The number of benzene rings is 1. The standard InChI is InChI=1S/C24H34F3N3O3/c1-4-33-20-14-17-13-18(24(25,26)27)5-6-19(17)21(20)30-12-11-29(15-16(30)2)23(3)7-9-28(10-8-23)22(31)32/h5-6,13,16,20-21H,4,7-12,14-15H2,1-3H3,(H,31,32). The first kappa shape index (κ1) is 24.3. The van der Waals surface area contributed by atoms with Crippen molar-refractivity contribution in [3.8, 4) is 0 Å². The normalized spacial score (nSPS) is 28.7. The van der Waals surface area contributed by atoms with E-state index in [9.17, 15) is 23.1 Å². The van der Waals surface area contributed by atoms with Crippen LogP contribution in [-0.4, -0.2) is 82.9 Å². The van der Waals surface area contributed by atoms with Crippen LogP contribution < -0.4 is 0 Å². The monoisotopic (exact) mass is 469 g/mol. The lowest BCUT2D eigenvalue weighted by molar-refractivity contribution is -0.137. The molecule has 1 aromatic carbocycles. The molecule has 0 saturated carbocycles. The Kier molecular flexibility index (Phi) is 6.68. The molecule has 3 unspecified atom stereocenters. The van der Waals surface area contributed by atoms with Gasteiger partial charge in [0, 0.05) is 57.3 Å². The molecule has 184 valence electrons. The van der Waals surface area contributed by atoms with Crippen LogP contribution in [-0.2, 0) is 17.3 Å². The predicted octanol–water partition coefficient (Wildman–Crippen LogP) is 4.25. The van der Waals surface area contributed by atoms with Crippen molar-refractivity contribution in [3.05, 3.63) is 34.9 Å². The summed E-state index contributed by atoms with van der Waals surface area (Å²) in [6.45, 7) is 10.4. The van der Waals surface area contributed by atoms with Crippen LogP contribution in [0.4, 0.5) is 18.0 Å². The van der Waals surface area contributed by atoms with E-state index in [1.165, 1.54) is 17.0 Å². The molecular formula is C24H34F3N3O3. The molecule has 0 spiro atoms. The number of carbonyl (C=O) groups is 1. The number of nitrogens with zero attached hydrogens (tertiary/aromatic N) is 3. The molecule has 2 fully saturated rings. The lowest BCUT2D eigenvalue weighted by Gasteiger charge is -2.52. The molecule has 3 atom stereocenters. The van der Waals surface area contributed by atoms with Gasteiger partial charge in [-0.25, -0.2) is 4.79 Å². The van der Waals surface area contributed by atoms with E-state index in [2.05, 4.69) is 23.6 Å². The maximum Gasteiger partial charge on any atom is 0.416 e. The van der Waals surface area contributed by atoms with Crippen molar-refractivity contribution in [1.29, 1.82) is 0 Å². The van der Waals surface area contributed by atoms with Crippen LogP contribution in [0, 0.1) is 0 Å². The average molecular weight is 470 g/mol. The van der Waals surface area contributed by atoms with Crippen LogP contribution >= 0.6 is 0 Å². The van der Waals surface area contributed by atoms with Crippen molar-refractivity contribution in [2.45, 2.75) is 69.9 Å². The minimum Gasteiger partial charge on any atom is -0.465 e. The number of piperidine rings is 1. The van der Waals surface area contributed by atoms with Crippen LogP contribution in [0.15, 0.2) is 18.2 Å². The molecule has 0 aromatic heterocycles. The summed E-state index contributed by atoms with van der Waals surface area (Å²) in [6.07, 6.45) is -3.26. The second kappa shape index (κ2) is 9.07. The second-order valence-corrected chi connectivity index (χ2v) is 9.85. The number of fused-ring (bicyclic) bond motifs is 1. The highest BCUT2D eigenvalue weighted by Gasteiger charge is 2.45. The molecule has 3 aliphatic rings. The highest BCUT2D eigenvalue weighted by Crippen LogP contribution is 2.43. The molecule has 1 aromatic rings. The van der Waals surface area contributed by atoms with Crippen LogP contribution in [0.25, 0.3) is 0 Å². The van der Waals surface area contributed by atoms with Crippen LogP contribution in [0.5, 0.6) is 0 Å². The number of halogens is 3. The number of hydrogen-bond donors (Lipinski definition) is 1. The van der Waals surface area contributed by atoms with E-state index in [4.69, 9.17) is 4.74 Å². The summed E-state index contributed by atoms with van der Waals surface area (Å²) in [5.74, 6) is 0. The number of rotatable bonds is 4. The number of piperazine rings is 1. The van der Waals surface area contributed by atoms with Gasteiger partial charge < -0.3 is 14.7 Å². The van der Waals surface area contributed by atoms with E-state index in [1.807, 2.05) is 6.92 Å². The number of ether oxygens (including phenoxy) is 1. The van der Waals surface area contributed by atoms with E-state index in [-0.39, 0.29) is 23.7 Å². The Morgan fingerprint density at radius 1 is 1.21 bits per heavy atom. The zero-order chi connectivity index (χ0) is 24.0. The van der Waals surface area contributed by atoms with E-state index in [0.29, 0.717) is 26.1 Å². The highest BCUT2D eigenvalue weighted by atomic mass is 19.4. The van der Waals surface area contributed by atoms with Gasteiger partial charge in [-0.2, -0.15) is 13.2 Å². The van der Waals surface area contributed by atoms with E-state index in [1.54, 1.807) is 6.07 Å². The first-order valence-corrected chi connectivity index (χ1v) is 11.8. The van der Waals surface area contributed by atoms with Crippen molar-refractivity contribution in [2.24, 2.45) is 0 Å². The number of likely N-dealkylation sites (tertiary alicyclic amines) is 1. The third-order valence-corrected chi connectivity index (χ3v) is 7.85. The van der Waals surface area contributed by atoms with Crippen LogP contribution in [0.1, 0.15) is 56.3 Å². The quantitative estimate of drug-likeness (QED) is 0.715. The Hall–Kier alpha value is -1.84. The fourth-order valence-electron chi connectivity index (χ4n) is 5.90. The third kappa shape index (κ3) is 4.72. The van der Waals surface area contributed by atoms with Crippen molar-refractivity contribution in [3.63, 3.8) is 0 Å². The Bertz CT molecular complexity index is 870. The summed E-state index contributed by atoms with van der Waals surface area (Å²) < 4.78 is 45.8. The number of hydrogen-bond acceptors (Lipinski definition) is 4. The summed E-state index contributed by atoms with van der Waals surface area (Å²) in [7, 11) is 0. The fourth-order valence-corrected chi connectivity index (χ4v) is 5.90. The van der Waals surface area contributed by atoms with E-state index in [0.717, 1.165) is 43.6 Å². The molecule has 2 saturated heterocycles. The zero-order valence-corrected chi connectivity index (χ0v) is 19.6. The second-order valence-electron chi connectivity index (χ2n) is 9.85. The van der Waals surface area contributed by atoms with Crippen molar-refractivity contribution in [2.75, 3.05) is 39.3 Å². The van der Waals surface area contributed by atoms with Gasteiger partial charge in [0.05, 0.1) is 17.7 Å². The fraction of sp³-hybridized carbons (Fsp3) is 0.708. The molecule has 6 nitrogen and oxygen atoms in total. The highest BCUT2D eigenvalue weighted by molar-refractivity contribution is 5.65. The molecule has 9 heteroatoms. The van der Waals surface area contributed by atoms with Gasteiger partial charge in [-0.1, -0.05) is 6.07 Å². The molecule has 1 N–H and O–H groups in total. The van der Waals surface area contributed by atoms with Gasteiger partial charge >= 0.3 is 12.3 Å². The topological polar surface area (TPSA) is 56.2 Å². The maximum atomic E-state index is 13.3. The van der Waals surface area contributed by atoms with Gasteiger partial charge in [-0.15, -0.1) is 0 Å². The molecule has 4 rings (SSSR count). The van der Waals surface area contributed by atoms with Crippen molar-refractivity contribution < 1.29 is 27.8 Å². The summed E-state index contributed by atoms with van der Waals surface area (Å²) in [5, 5.41) is 9.26. The van der Waals surface area contributed by atoms with Gasteiger partial charge in [0.1, 0.15) is 0 Å². The SMILES string of the molecule is CCOC1Cc2cc(C(F)(F)F)ccc2C1N1CCN(C2(C)CCN(C(=O)O)CC2)CC1C. The zero-order valence-electron chi connectivity index (χ0n) is 19.6. The lowest BCUT2D eigenvalue weighted by atomic mass is 9.86. The smallest absolute Gasteiger partial charge is 0.416 e. The Morgan fingerprint density at radius 2 is 1.91 bits per heavy atom. The summed E-state index contributed by atoms with van der Waals surface area (Å²) in [6, 6.07) is 4.28. The average Bonchev–Trinajstić information content (AvgIpc) is 3.10. The first-order valence-electron chi connectivity index (χ1n) is 11.8. The number of carboxylic acid groups (broad SMARTS) is 1. The third-order valence-electron chi connectivity index (χ3n) is 7.85. The molecule has 2 aliphatic heterocycles. The van der Waals surface area contributed by atoms with E-state index >= 15 is 0 Å². The summed E-state index contributed by atoms with van der Waals surface area (Å²) >= 11 is 0. The van der Waals surface area contributed by atoms with Crippen molar-refractivity contribution >= 4 is 6.09 Å². The Balaban J connectivity index is 1.50. The van der Waals surface area contributed by atoms with Gasteiger partial charge in [0.15, 0.2) is 0 Å². The Labute approximate surface area is 193 Å². The van der Waals surface area contributed by atoms with Gasteiger partial charge in [-0.05, 0) is 56.9 Å². The maximum absolute atomic E-state index is 13.3. The van der Waals surface area contributed by atoms with E-state index < -0.39 is 17.8 Å². The number of alkyl halides is 3. The minimum atomic E-state index is -4.35. The van der Waals surface area contributed by atoms with Gasteiger partial charge in [-0.3, -0.25) is 9.80 Å². The molecule has 0 bridgehead atoms. The largest absolute Gasteiger partial charge is 0.465 e. The summed E-state index contributed by atoms with van der Waals surface area (Å²) in [5.41, 5.74) is 1.04. The van der Waals surface area contributed by atoms with Crippen LogP contribution in [0.3, 0.4) is 0 Å². The lowest BCUT2D eigenvalue weighted by Crippen LogP contribution is -2.62. The molecule has 2 heterocycles. The van der Waals surface area contributed by atoms with Crippen LogP contribution in [0.2, 0.25) is 0 Å². The molecular weight excluding hydrogens is 435 g/mol. The van der Waals surface area contributed by atoms with Gasteiger partial charge in [0.25, 0.3) is 0 Å².